The van der Waals surface area contributed by atoms with Crippen LogP contribution in [0.5, 0.6) is 0 Å². The van der Waals surface area contributed by atoms with Crippen molar-refractivity contribution in [3.63, 3.8) is 0 Å². The Bertz CT molecular complexity index is 8920. The van der Waals surface area contributed by atoms with E-state index in [2.05, 4.69) is 464 Å². The summed E-state index contributed by atoms with van der Waals surface area (Å²) in [6.45, 7) is 0. The molecule has 0 radical (unpaired) electrons. The van der Waals surface area contributed by atoms with Crippen LogP contribution in [-0.4, -0.2) is 37.4 Å². The van der Waals surface area contributed by atoms with E-state index in [4.69, 9.17) is 9.97 Å². The molecule has 0 aliphatic heterocycles. The highest BCUT2D eigenvalue weighted by Gasteiger charge is 2.24. The smallest absolute Gasteiger partial charge is 0.160 e. The number of benzene rings is 19. The molecule has 0 atom stereocenters. The monoisotopic (exact) mass is 1580 g/mol. The molecule has 26 rings (SSSR count). The summed E-state index contributed by atoms with van der Waals surface area (Å²) in [6, 6.07) is 160. The lowest BCUT2D eigenvalue weighted by Gasteiger charge is -2.14. The molecule has 0 aliphatic rings. The number of fused-ring (bicyclic) bond motifs is 19. The van der Waals surface area contributed by atoms with E-state index in [0.717, 1.165) is 128 Å². The van der Waals surface area contributed by atoms with Gasteiger partial charge in [0.05, 0.1) is 77.4 Å². The highest BCUT2D eigenvalue weighted by Crippen LogP contribution is 2.46. The highest BCUT2D eigenvalue weighted by molar-refractivity contribution is 6.18. The lowest BCUT2D eigenvalue weighted by molar-refractivity contribution is 1.17. The fourth-order valence-corrected chi connectivity index (χ4v) is 20.4. The average molecular weight is 1580 g/mol. The van der Waals surface area contributed by atoms with Crippen LogP contribution in [0.3, 0.4) is 0 Å². The van der Waals surface area contributed by atoms with Gasteiger partial charge in [0, 0.05) is 115 Å². The molecule has 0 N–H and O–H groups in total. The largest absolute Gasteiger partial charge is 0.309 e. The zero-order valence-corrected chi connectivity index (χ0v) is 67.1. The van der Waals surface area contributed by atoms with Gasteiger partial charge < -0.3 is 27.4 Å². The van der Waals surface area contributed by atoms with Crippen LogP contribution >= 0.6 is 0 Å². The second-order valence-corrected chi connectivity index (χ2v) is 32.8. The molecule has 0 bridgehead atoms. The molecule has 0 aliphatic carbocycles. The average Bonchev–Trinajstić information content (AvgIpc) is 1.63. The first-order valence-electron chi connectivity index (χ1n) is 42.5. The Balaban J connectivity index is 0.545. The Hall–Kier alpha value is -16.7. The van der Waals surface area contributed by atoms with Crippen molar-refractivity contribution < 1.29 is 0 Å². The van der Waals surface area contributed by atoms with Crippen LogP contribution in [0, 0.1) is 0 Å². The fourth-order valence-electron chi connectivity index (χ4n) is 20.4. The van der Waals surface area contributed by atoms with Gasteiger partial charge in [0.15, 0.2) is 5.82 Å². The molecule has 26 aromatic rings. The van der Waals surface area contributed by atoms with Gasteiger partial charge in [-0.25, -0.2) is 9.97 Å². The number of aromatic nitrogens is 8. The van der Waals surface area contributed by atoms with E-state index in [0.29, 0.717) is 5.82 Å². The number of hydrogen-bond donors (Lipinski definition) is 0. The summed E-state index contributed by atoms with van der Waals surface area (Å²) in [4.78, 5) is 11.0. The third-order valence-electron chi connectivity index (χ3n) is 26.0. The highest BCUT2D eigenvalue weighted by atomic mass is 15.0. The summed E-state index contributed by atoms with van der Waals surface area (Å²) >= 11 is 0. The van der Waals surface area contributed by atoms with Crippen molar-refractivity contribution in [1.82, 2.24) is 37.4 Å². The molecule has 0 saturated carbocycles. The zero-order valence-electron chi connectivity index (χ0n) is 67.1. The Morgan fingerprint density at radius 1 is 0.129 bits per heavy atom. The Morgan fingerprint density at radius 2 is 0.347 bits per heavy atom. The van der Waals surface area contributed by atoms with E-state index in [1.165, 1.54) is 109 Å². The summed E-state index contributed by atoms with van der Waals surface area (Å²) in [7, 11) is 0. The lowest BCUT2D eigenvalue weighted by atomic mass is 9.98. The second kappa shape index (κ2) is 27.4. The zero-order chi connectivity index (χ0) is 81.2. The van der Waals surface area contributed by atoms with Gasteiger partial charge in [-0.2, -0.15) is 0 Å². The molecule has 7 aromatic heterocycles. The molecule has 19 aromatic carbocycles. The third-order valence-corrected chi connectivity index (χ3v) is 26.0. The third kappa shape index (κ3) is 10.8. The van der Waals surface area contributed by atoms with Crippen molar-refractivity contribution in [2.75, 3.05) is 0 Å². The number of para-hydroxylation sites is 9. The van der Waals surface area contributed by atoms with Gasteiger partial charge in [-0.05, 0) is 245 Å². The van der Waals surface area contributed by atoms with Crippen LogP contribution in [0.2, 0.25) is 0 Å². The molecule has 0 spiro atoms. The molecular weight excluding hydrogens is 1510 g/mol. The predicted molar refractivity (Wildman–Crippen MR) is 518 cm³/mol. The summed E-state index contributed by atoms with van der Waals surface area (Å²) in [6.07, 6.45) is 0. The van der Waals surface area contributed by atoms with Crippen molar-refractivity contribution in [2.24, 2.45) is 0 Å². The molecular formula is C116H72N8. The van der Waals surface area contributed by atoms with Gasteiger partial charge in [-0.1, -0.05) is 237 Å². The van der Waals surface area contributed by atoms with E-state index in [1.807, 2.05) is 0 Å². The van der Waals surface area contributed by atoms with E-state index in [9.17, 15) is 0 Å². The number of rotatable bonds is 12. The van der Waals surface area contributed by atoms with Gasteiger partial charge in [-0.3, -0.25) is 0 Å². The molecule has 8 nitrogen and oxygen atoms in total. The first-order valence-corrected chi connectivity index (χ1v) is 42.5. The van der Waals surface area contributed by atoms with E-state index in [1.54, 1.807) is 0 Å². The van der Waals surface area contributed by atoms with Gasteiger partial charge in [0.2, 0.25) is 0 Å². The van der Waals surface area contributed by atoms with E-state index < -0.39 is 0 Å². The van der Waals surface area contributed by atoms with Crippen LogP contribution in [0.1, 0.15) is 0 Å². The molecule has 0 unspecified atom stereocenters. The number of nitrogens with zero attached hydrogens (tertiary/aromatic N) is 8. The quantitative estimate of drug-likeness (QED) is 0.122. The van der Waals surface area contributed by atoms with Crippen LogP contribution in [0.15, 0.2) is 437 Å². The van der Waals surface area contributed by atoms with Gasteiger partial charge in [0.25, 0.3) is 0 Å². The minimum Gasteiger partial charge on any atom is -0.309 e. The SMILES string of the molecule is c1ccc(-n2c3ccccc3c3cc(-c4ccc5c(c4)c4cc(-c6ccc7c(c6)c6ccccc6n7-c6cccc(-c7nc(-c8cccc(-n9c%10ccccc%10c%10cc(-c%11ccc%12c(c%11)c%11cc(-c%13ccc%14c(c%13)c%13ccccc%13n%14-c%13ccccc%13)ccc%11n%12-c%11ccccc%11)ccc%109)c8)c8ccccc8n7)c6)ccc4n5-c4ccccc4)ccc32)cc1. The molecule has 576 valence electrons. The molecule has 7 heterocycles. The fraction of sp³-hybridized carbons (Fsp3) is 0. The first kappa shape index (κ1) is 69.3. The Labute approximate surface area is 712 Å². The molecule has 0 saturated heterocycles. The molecule has 0 fully saturated rings. The van der Waals surface area contributed by atoms with Crippen molar-refractivity contribution in [2.45, 2.75) is 0 Å². The maximum absolute atomic E-state index is 5.61. The van der Waals surface area contributed by atoms with Crippen molar-refractivity contribution in [3.05, 3.63) is 437 Å². The van der Waals surface area contributed by atoms with Gasteiger partial charge in [0.1, 0.15) is 0 Å². The van der Waals surface area contributed by atoms with Gasteiger partial charge >= 0.3 is 0 Å². The topological polar surface area (TPSA) is 55.4 Å². The van der Waals surface area contributed by atoms with Crippen molar-refractivity contribution in [1.29, 1.82) is 0 Å². The van der Waals surface area contributed by atoms with E-state index in [-0.39, 0.29) is 0 Å². The summed E-state index contributed by atoms with van der Waals surface area (Å²) in [5.74, 6) is 0.655. The second-order valence-electron chi connectivity index (χ2n) is 32.8. The minimum absolute atomic E-state index is 0.655. The molecule has 124 heavy (non-hydrogen) atoms. The predicted octanol–water partition coefficient (Wildman–Crippen LogP) is 30.2. The van der Waals surface area contributed by atoms with Crippen LogP contribution in [-0.2, 0) is 0 Å². The summed E-state index contributed by atoms with van der Waals surface area (Å²) < 4.78 is 14.4. The van der Waals surface area contributed by atoms with Crippen LogP contribution in [0.25, 0.3) is 243 Å². The Morgan fingerprint density at radius 3 is 0.645 bits per heavy atom. The first-order chi connectivity index (χ1) is 61.5. The van der Waals surface area contributed by atoms with Crippen LogP contribution in [0.4, 0.5) is 0 Å². The van der Waals surface area contributed by atoms with E-state index >= 15 is 0 Å². The normalized spacial score (nSPS) is 12.0. The Kier molecular flexibility index (Phi) is 15.3. The maximum atomic E-state index is 5.61. The van der Waals surface area contributed by atoms with Crippen LogP contribution < -0.4 is 0 Å². The minimum atomic E-state index is 0.655. The maximum Gasteiger partial charge on any atom is 0.160 e. The lowest BCUT2D eigenvalue weighted by Crippen LogP contribution is -1.99. The van der Waals surface area contributed by atoms with Crippen molar-refractivity contribution in [3.8, 4) is 101 Å². The van der Waals surface area contributed by atoms with Crippen molar-refractivity contribution >= 4 is 142 Å². The van der Waals surface area contributed by atoms with Gasteiger partial charge in [-0.15, -0.1) is 0 Å². The summed E-state index contributed by atoms with van der Waals surface area (Å²) in [5.41, 5.74) is 33.5. The summed E-state index contributed by atoms with van der Waals surface area (Å²) in [5, 5.41) is 15.5. The number of hydrogen-bond acceptors (Lipinski definition) is 2. The molecule has 8 heteroatoms. The molecule has 0 amide bonds. The standard InChI is InChI=1S/C116H72N8/c1-5-27-83(28-6-1)119-103-43-19-14-37-89(103)94-65-73(47-55-107(94)119)77-51-59-111-98(69-77)100-71-79(53-61-113(100)121(111)85-31-9-3-10-32-85)75-49-57-109-96(67-75)91-39-16-21-45-105(91)123(109)87-35-23-25-81(63-87)115-93-41-13-18-42-102(93)117-116(118-115)82-26-24-36-88(64-82)124-106-46-22-17-40-92(106)97-68-76(50-58-110(97)124)80-54-62-114-101(72-80)99-70-78(52-60-112(99)122(114)86-33-11-4-12-34-86)74-48-56-108-95(66-74)90-38-15-20-44-104(90)120(108)84-29-7-2-8-30-84/h1-72H.